The smallest absolute Gasteiger partial charge is 0.0698 e. The third kappa shape index (κ3) is 4.37. The van der Waals surface area contributed by atoms with Crippen LogP contribution in [0.2, 0.25) is 0 Å². The van der Waals surface area contributed by atoms with E-state index in [0.717, 1.165) is 6.42 Å². The van der Waals surface area contributed by atoms with Crippen LogP contribution >= 0.6 is 0 Å². The molecule has 1 aromatic carbocycles. The zero-order valence-corrected chi connectivity index (χ0v) is 8.23. The molecule has 78 valence electrons. The van der Waals surface area contributed by atoms with Crippen LogP contribution in [-0.4, -0.2) is 31.0 Å². The number of nitrogens with two attached hydrogens (primary N) is 1. The lowest BCUT2D eigenvalue weighted by Crippen LogP contribution is -2.29. The first-order chi connectivity index (χ1) is 6.83. The van der Waals surface area contributed by atoms with E-state index < -0.39 is 0 Å². The molecule has 0 saturated carbocycles. The van der Waals surface area contributed by atoms with Gasteiger partial charge in [-0.3, -0.25) is 0 Å². The van der Waals surface area contributed by atoms with Crippen LogP contribution in [0.1, 0.15) is 5.56 Å². The van der Waals surface area contributed by atoms with Gasteiger partial charge in [-0.05, 0) is 12.0 Å². The second-order valence-electron chi connectivity index (χ2n) is 3.25. The average Bonchev–Trinajstić information content (AvgIpc) is 2.20. The maximum Gasteiger partial charge on any atom is 0.0698 e. The highest BCUT2D eigenvalue weighted by Gasteiger charge is 2.03. The molecule has 0 heterocycles. The molecule has 0 amide bonds. The van der Waals surface area contributed by atoms with Crippen LogP contribution in [0.25, 0.3) is 0 Å². The van der Waals surface area contributed by atoms with Gasteiger partial charge < -0.3 is 15.6 Å². The van der Waals surface area contributed by atoms with E-state index >= 15 is 0 Å². The summed E-state index contributed by atoms with van der Waals surface area (Å²) in [7, 11) is 0. The lowest BCUT2D eigenvalue weighted by molar-refractivity contribution is 0.0832. The van der Waals surface area contributed by atoms with Gasteiger partial charge in [-0.15, -0.1) is 0 Å². The van der Waals surface area contributed by atoms with Crippen LogP contribution < -0.4 is 5.73 Å². The standard InChI is InChI=1S/C11H17NO2/c12-11(9-14-7-6-13)8-10-4-2-1-3-5-10/h1-5,11,13H,6-9,12H2. The van der Waals surface area contributed by atoms with Crippen LogP contribution in [0.15, 0.2) is 30.3 Å². The fraction of sp³-hybridized carbons (Fsp3) is 0.455. The van der Waals surface area contributed by atoms with Crippen molar-refractivity contribution in [1.29, 1.82) is 0 Å². The number of hydrogen-bond acceptors (Lipinski definition) is 3. The van der Waals surface area contributed by atoms with Crippen molar-refractivity contribution < 1.29 is 9.84 Å². The summed E-state index contributed by atoms with van der Waals surface area (Å²) in [6, 6.07) is 10.1. The molecule has 0 saturated heterocycles. The molecule has 3 heteroatoms. The molecule has 1 unspecified atom stereocenters. The van der Waals surface area contributed by atoms with Gasteiger partial charge in [0.2, 0.25) is 0 Å². The molecule has 0 aliphatic heterocycles. The highest BCUT2D eigenvalue weighted by atomic mass is 16.5. The Bertz CT molecular complexity index is 238. The molecule has 0 spiro atoms. The van der Waals surface area contributed by atoms with Crippen LogP contribution in [0.3, 0.4) is 0 Å². The number of aliphatic hydroxyl groups excluding tert-OH is 1. The molecular weight excluding hydrogens is 178 g/mol. The number of hydrogen-bond donors (Lipinski definition) is 2. The number of rotatable bonds is 6. The van der Waals surface area contributed by atoms with E-state index in [-0.39, 0.29) is 12.6 Å². The molecule has 0 aromatic heterocycles. The summed E-state index contributed by atoms with van der Waals surface area (Å²) < 4.78 is 5.14. The predicted molar refractivity (Wildman–Crippen MR) is 56.0 cm³/mol. The highest BCUT2D eigenvalue weighted by Crippen LogP contribution is 2.01. The zero-order chi connectivity index (χ0) is 10.2. The zero-order valence-electron chi connectivity index (χ0n) is 8.23. The van der Waals surface area contributed by atoms with Gasteiger partial charge >= 0.3 is 0 Å². The third-order valence-corrected chi connectivity index (χ3v) is 1.91. The molecule has 0 aliphatic rings. The first-order valence-corrected chi connectivity index (χ1v) is 4.81. The van der Waals surface area contributed by atoms with E-state index in [1.807, 2.05) is 30.3 Å². The maximum absolute atomic E-state index is 8.50. The van der Waals surface area contributed by atoms with Crippen molar-refractivity contribution in [3.63, 3.8) is 0 Å². The monoisotopic (exact) mass is 195 g/mol. The van der Waals surface area contributed by atoms with E-state index in [9.17, 15) is 0 Å². The summed E-state index contributed by atoms with van der Waals surface area (Å²) in [5, 5.41) is 8.50. The molecular formula is C11H17NO2. The summed E-state index contributed by atoms with van der Waals surface area (Å²) in [4.78, 5) is 0. The fourth-order valence-corrected chi connectivity index (χ4v) is 1.28. The minimum Gasteiger partial charge on any atom is -0.394 e. The Balaban J connectivity index is 2.23. The predicted octanol–water partition coefficient (Wildman–Crippen LogP) is 0.565. The Kier molecular flexibility index (Phi) is 5.22. The van der Waals surface area contributed by atoms with Gasteiger partial charge in [-0.2, -0.15) is 0 Å². The van der Waals surface area contributed by atoms with E-state index in [4.69, 9.17) is 15.6 Å². The quantitative estimate of drug-likeness (QED) is 0.652. The first kappa shape index (κ1) is 11.2. The first-order valence-electron chi connectivity index (χ1n) is 4.81. The average molecular weight is 195 g/mol. The van der Waals surface area contributed by atoms with E-state index in [0.29, 0.717) is 13.2 Å². The normalized spacial score (nSPS) is 12.7. The molecule has 0 fully saturated rings. The van der Waals surface area contributed by atoms with E-state index in [2.05, 4.69) is 0 Å². The molecule has 3 N–H and O–H groups in total. The lowest BCUT2D eigenvalue weighted by Gasteiger charge is -2.11. The van der Waals surface area contributed by atoms with Crippen molar-refractivity contribution in [2.75, 3.05) is 19.8 Å². The Labute approximate surface area is 84.5 Å². The van der Waals surface area contributed by atoms with Crippen molar-refractivity contribution >= 4 is 0 Å². The molecule has 0 radical (unpaired) electrons. The summed E-state index contributed by atoms with van der Waals surface area (Å²) >= 11 is 0. The molecule has 1 rings (SSSR count). The number of aliphatic hydroxyl groups is 1. The molecule has 0 bridgehead atoms. The second kappa shape index (κ2) is 6.54. The SMILES string of the molecule is NC(COCCO)Cc1ccccc1. The Morgan fingerprint density at radius 1 is 1.29 bits per heavy atom. The van der Waals surface area contributed by atoms with Crippen molar-refractivity contribution in [2.24, 2.45) is 5.73 Å². The van der Waals surface area contributed by atoms with Gasteiger partial charge in [-0.25, -0.2) is 0 Å². The Hall–Kier alpha value is -0.900. The van der Waals surface area contributed by atoms with Crippen LogP contribution in [0.4, 0.5) is 0 Å². The van der Waals surface area contributed by atoms with Gasteiger partial charge in [0, 0.05) is 6.04 Å². The molecule has 1 aromatic rings. The topological polar surface area (TPSA) is 55.5 Å². The van der Waals surface area contributed by atoms with Gasteiger partial charge in [0.1, 0.15) is 0 Å². The summed E-state index contributed by atoms with van der Waals surface area (Å²) in [5.41, 5.74) is 7.06. The summed E-state index contributed by atoms with van der Waals surface area (Å²) in [5.74, 6) is 0. The largest absolute Gasteiger partial charge is 0.394 e. The second-order valence-corrected chi connectivity index (χ2v) is 3.25. The molecule has 0 aliphatic carbocycles. The fourth-order valence-electron chi connectivity index (χ4n) is 1.28. The van der Waals surface area contributed by atoms with Gasteiger partial charge in [0.05, 0.1) is 19.8 Å². The molecule has 14 heavy (non-hydrogen) atoms. The summed E-state index contributed by atoms with van der Waals surface area (Å²) in [6.07, 6.45) is 0.812. The van der Waals surface area contributed by atoms with Crippen molar-refractivity contribution in [3.8, 4) is 0 Å². The lowest BCUT2D eigenvalue weighted by atomic mass is 10.1. The van der Waals surface area contributed by atoms with E-state index in [1.165, 1.54) is 5.56 Å². The Morgan fingerprint density at radius 3 is 2.64 bits per heavy atom. The third-order valence-electron chi connectivity index (χ3n) is 1.91. The molecule has 1 atom stereocenters. The van der Waals surface area contributed by atoms with Crippen LogP contribution in [-0.2, 0) is 11.2 Å². The minimum atomic E-state index is 0.00366. The van der Waals surface area contributed by atoms with Crippen molar-refractivity contribution in [1.82, 2.24) is 0 Å². The highest BCUT2D eigenvalue weighted by molar-refractivity contribution is 5.15. The maximum atomic E-state index is 8.50. The van der Waals surface area contributed by atoms with E-state index in [1.54, 1.807) is 0 Å². The summed E-state index contributed by atoms with van der Waals surface area (Å²) in [6.45, 7) is 0.913. The van der Waals surface area contributed by atoms with Crippen molar-refractivity contribution in [2.45, 2.75) is 12.5 Å². The van der Waals surface area contributed by atoms with Gasteiger partial charge in [-0.1, -0.05) is 30.3 Å². The Morgan fingerprint density at radius 2 is 2.00 bits per heavy atom. The van der Waals surface area contributed by atoms with Crippen LogP contribution in [0, 0.1) is 0 Å². The van der Waals surface area contributed by atoms with Gasteiger partial charge in [0.25, 0.3) is 0 Å². The van der Waals surface area contributed by atoms with Crippen LogP contribution in [0.5, 0.6) is 0 Å². The minimum absolute atomic E-state index is 0.00366. The number of benzene rings is 1. The molecule has 3 nitrogen and oxygen atoms in total. The van der Waals surface area contributed by atoms with Crippen molar-refractivity contribution in [3.05, 3.63) is 35.9 Å². The number of ether oxygens (including phenoxy) is 1. The van der Waals surface area contributed by atoms with Gasteiger partial charge in [0.15, 0.2) is 0 Å².